The number of nitrogens with one attached hydrogen (secondary N) is 3. The zero-order chi connectivity index (χ0) is 41.3. The number of aryl methyl sites for hydroxylation is 1. The molecule has 3 aliphatic carbocycles. The summed E-state index contributed by atoms with van der Waals surface area (Å²) in [4.78, 5) is 63.5. The van der Waals surface area contributed by atoms with Crippen molar-refractivity contribution in [3.05, 3.63) is 41.6 Å². The average Bonchev–Trinajstić information content (AvgIpc) is 4.11. The first-order valence-corrected chi connectivity index (χ1v) is 22.4. The molecule has 314 valence electrons. The number of carbonyl (C=O) groups is 4. The van der Waals surface area contributed by atoms with E-state index < -0.39 is 67.7 Å². The van der Waals surface area contributed by atoms with Crippen LogP contribution in [0.2, 0.25) is 0 Å². The summed E-state index contributed by atoms with van der Waals surface area (Å²) in [6, 6.07) is 3.76. The number of nitrogens with zero attached hydrogens (tertiary/aromatic N) is 2. The molecule has 0 bridgehead atoms. The highest BCUT2D eigenvalue weighted by atomic mass is 32.2. The smallest absolute Gasteiger partial charge is 0.407 e. The minimum Gasteiger partial charge on any atom is -0.497 e. The molecule has 2 aromatic rings. The minimum absolute atomic E-state index is 0.0636. The van der Waals surface area contributed by atoms with E-state index in [0.717, 1.165) is 47.8 Å². The molecule has 14 nitrogen and oxygen atoms in total. The predicted molar refractivity (Wildman–Crippen MR) is 216 cm³/mol. The molecule has 4 heterocycles. The number of allylic oxidation sites excluding steroid dienone is 1. The van der Waals surface area contributed by atoms with Gasteiger partial charge in [0, 0.05) is 29.2 Å². The molecule has 1 aromatic heterocycles. The van der Waals surface area contributed by atoms with Crippen LogP contribution in [0.4, 0.5) is 4.79 Å². The predicted octanol–water partition coefficient (Wildman–Crippen LogP) is 5.32. The lowest BCUT2D eigenvalue weighted by Crippen LogP contribution is -2.58. The van der Waals surface area contributed by atoms with Crippen molar-refractivity contribution in [1.82, 2.24) is 25.2 Å². The van der Waals surface area contributed by atoms with Crippen LogP contribution in [0.15, 0.2) is 30.4 Å². The molecule has 3 aliphatic heterocycles. The molecular weight excluding hydrogens is 763 g/mol. The molecular formula is C43H57N5O9S. The summed E-state index contributed by atoms with van der Waals surface area (Å²) in [5.41, 5.74) is -0.0249. The summed E-state index contributed by atoms with van der Waals surface area (Å²) in [6.45, 7) is 7.66. The van der Waals surface area contributed by atoms with Crippen LogP contribution in [-0.4, -0.2) is 90.3 Å². The minimum atomic E-state index is -3.99. The largest absolute Gasteiger partial charge is 0.497 e. The molecule has 4 fully saturated rings. The van der Waals surface area contributed by atoms with Crippen molar-refractivity contribution in [2.75, 3.05) is 20.3 Å². The van der Waals surface area contributed by atoms with E-state index in [1.165, 1.54) is 4.90 Å². The van der Waals surface area contributed by atoms with Crippen molar-refractivity contribution in [1.29, 1.82) is 0 Å². The van der Waals surface area contributed by atoms with Gasteiger partial charge in [-0.1, -0.05) is 45.8 Å². The standard InChI is InChI=1S/C43H57N5O9S/c1-40(2,3)25-56-39(52)45-32-12-10-8-6-7-9-11-27-22-43(27,38(51)47-58(53,54)41(4)19-20-41)46-36(49)33-23-42(24-48(33)37(32)50)18-17-29-30-21-28(55-5)15-16-31(30)44-34(26-13-14-26)35(29)57-42/h9,11,15-16,21,26-27,32-33H,6-8,10,12-14,17-20,22-25H2,1-5H3,(H,45,52)(H,46,49)(H,47,51). The van der Waals surface area contributed by atoms with Gasteiger partial charge in [0.1, 0.15) is 34.7 Å². The summed E-state index contributed by atoms with van der Waals surface area (Å²) in [5, 5.41) is 6.74. The van der Waals surface area contributed by atoms with Gasteiger partial charge >= 0.3 is 6.09 Å². The second-order valence-corrected chi connectivity index (χ2v) is 21.2. The maximum Gasteiger partial charge on any atom is 0.407 e. The zero-order valence-corrected chi connectivity index (χ0v) is 35.1. The van der Waals surface area contributed by atoms with Gasteiger partial charge in [-0.05, 0) is 94.7 Å². The molecule has 6 aliphatic rings. The van der Waals surface area contributed by atoms with Gasteiger partial charge in [0.25, 0.3) is 5.91 Å². The van der Waals surface area contributed by atoms with Crippen LogP contribution in [0, 0.1) is 11.3 Å². The Kier molecular flexibility index (Phi) is 10.2. The lowest BCUT2D eigenvalue weighted by molar-refractivity contribution is -0.141. The fourth-order valence-corrected chi connectivity index (χ4v) is 10.1. The van der Waals surface area contributed by atoms with Gasteiger partial charge in [0.05, 0.1) is 36.2 Å². The number of hydrogen-bond acceptors (Lipinski definition) is 10. The molecule has 8 rings (SSSR count). The Morgan fingerprint density at radius 1 is 1.07 bits per heavy atom. The number of carbonyl (C=O) groups excluding carboxylic acids is 4. The Morgan fingerprint density at radius 2 is 1.84 bits per heavy atom. The van der Waals surface area contributed by atoms with Crippen molar-refractivity contribution < 1.29 is 41.8 Å². The summed E-state index contributed by atoms with van der Waals surface area (Å²) < 4.78 is 46.0. The number of hydrogen-bond donors (Lipinski definition) is 3. The molecule has 58 heavy (non-hydrogen) atoms. The first-order chi connectivity index (χ1) is 27.5. The Hall–Kier alpha value is -4.40. The third-order valence-corrected chi connectivity index (χ3v) is 15.1. The summed E-state index contributed by atoms with van der Waals surface area (Å²) in [5.74, 6) is -0.579. The molecule has 1 aromatic carbocycles. The van der Waals surface area contributed by atoms with Crippen LogP contribution in [0.3, 0.4) is 0 Å². The lowest BCUT2D eigenvalue weighted by atomic mass is 9.86. The van der Waals surface area contributed by atoms with E-state index in [9.17, 15) is 27.6 Å². The fraction of sp³-hybridized carbons (Fsp3) is 0.651. The van der Waals surface area contributed by atoms with Crippen LogP contribution in [0.25, 0.3) is 10.9 Å². The number of fused-ring (bicyclic) bond motifs is 5. The second-order valence-electron chi connectivity index (χ2n) is 19.0. The van der Waals surface area contributed by atoms with E-state index in [-0.39, 0.29) is 37.3 Å². The fourth-order valence-electron chi connectivity index (χ4n) is 8.76. The average molecular weight is 820 g/mol. The number of rotatable bonds is 7. The van der Waals surface area contributed by atoms with Gasteiger partial charge in [-0.25, -0.2) is 18.2 Å². The van der Waals surface area contributed by atoms with Gasteiger partial charge < -0.3 is 29.7 Å². The lowest BCUT2D eigenvalue weighted by Gasteiger charge is -2.37. The zero-order valence-electron chi connectivity index (χ0n) is 34.3. The highest BCUT2D eigenvalue weighted by molar-refractivity contribution is 7.91. The SMILES string of the molecule is COc1ccc2nc(C3CC3)c3c(c2c1)CCC1(CC2C(=O)NC4(C(=O)NS(=O)(=O)C5(C)CC5)CC4C=CCCCCCC(NC(=O)OCC(C)(C)C)C(=O)N2C1)O3. The number of sulfonamides is 1. The van der Waals surface area contributed by atoms with E-state index in [0.29, 0.717) is 56.4 Å². The summed E-state index contributed by atoms with van der Waals surface area (Å²) in [6.07, 6.45) is 10.7. The van der Waals surface area contributed by atoms with Gasteiger partial charge in [-0.2, -0.15) is 0 Å². The second kappa shape index (κ2) is 14.7. The van der Waals surface area contributed by atoms with E-state index >= 15 is 0 Å². The van der Waals surface area contributed by atoms with Gasteiger partial charge in [-0.15, -0.1) is 0 Å². The van der Waals surface area contributed by atoms with Crippen molar-refractivity contribution in [3.8, 4) is 11.5 Å². The molecule has 5 atom stereocenters. The number of pyridine rings is 1. The normalized spacial score (nSPS) is 29.5. The Balaban J connectivity index is 1.14. The van der Waals surface area contributed by atoms with Gasteiger partial charge in [0.2, 0.25) is 21.8 Å². The van der Waals surface area contributed by atoms with Crippen LogP contribution < -0.4 is 24.8 Å². The highest BCUT2D eigenvalue weighted by Gasteiger charge is 2.64. The molecule has 0 radical (unpaired) electrons. The highest BCUT2D eigenvalue weighted by Crippen LogP contribution is 2.52. The number of alkyl carbamates (subject to hydrolysis) is 1. The number of aromatic nitrogens is 1. The third-order valence-electron chi connectivity index (χ3n) is 12.9. The number of benzene rings is 1. The van der Waals surface area contributed by atoms with Crippen LogP contribution in [0.1, 0.15) is 122 Å². The number of methoxy groups -OCH3 is 1. The monoisotopic (exact) mass is 819 g/mol. The van der Waals surface area contributed by atoms with Crippen LogP contribution in [0.5, 0.6) is 11.5 Å². The molecule has 1 saturated heterocycles. The Bertz CT molecular complexity index is 2160. The topological polar surface area (TPSA) is 182 Å². The van der Waals surface area contributed by atoms with Crippen LogP contribution >= 0.6 is 0 Å². The quantitative estimate of drug-likeness (QED) is 0.310. The Morgan fingerprint density at radius 3 is 2.55 bits per heavy atom. The first-order valence-electron chi connectivity index (χ1n) is 20.9. The van der Waals surface area contributed by atoms with E-state index in [1.807, 2.05) is 51.1 Å². The van der Waals surface area contributed by atoms with Crippen molar-refractivity contribution in [2.45, 2.75) is 145 Å². The van der Waals surface area contributed by atoms with E-state index in [2.05, 4.69) is 15.4 Å². The number of amides is 4. The molecule has 15 heteroatoms. The first kappa shape index (κ1) is 40.4. The number of ether oxygens (including phenoxy) is 3. The van der Waals surface area contributed by atoms with Gasteiger partial charge in [0.15, 0.2) is 0 Å². The van der Waals surface area contributed by atoms with Crippen molar-refractivity contribution in [3.63, 3.8) is 0 Å². The molecule has 5 unspecified atom stereocenters. The molecule has 1 spiro atoms. The molecule has 4 amide bonds. The summed E-state index contributed by atoms with van der Waals surface area (Å²) in [7, 11) is -2.37. The third kappa shape index (κ3) is 7.87. The van der Waals surface area contributed by atoms with E-state index in [1.54, 1.807) is 14.0 Å². The Labute approximate surface area is 340 Å². The summed E-state index contributed by atoms with van der Waals surface area (Å²) >= 11 is 0. The van der Waals surface area contributed by atoms with Crippen molar-refractivity contribution in [2.24, 2.45) is 11.3 Å². The van der Waals surface area contributed by atoms with Crippen molar-refractivity contribution >= 4 is 44.7 Å². The maximum atomic E-state index is 14.9. The van der Waals surface area contributed by atoms with Gasteiger partial charge in [-0.3, -0.25) is 19.1 Å². The molecule has 3 saturated carbocycles. The molecule has 3 N–H and O–H groups in total. The van der Waals surface area contributed by atoms with E-state index in [4.69, 9.17) is 19.2 Å². The maximum absolute atomic E-state index is 14.9. The van der Waals surface area contributed by atoms with Crippen LogP contribution in [-0.2, 0) is 35.6 Å².